The van der Waals surface area contributed by atoms with Gasteiger partial charge in [-0.2, -0.15) is 0 Å². The molecule has 2 unspecified atom stereocenters. The molecule has 0 aromatic carbocycles. The molecule has 0 fully saturated rings. The SMILES string of the molecule is COCC(C)CNC(=O)NC(C)C(=O)O. The van der Waals surface area contributed by atoms with Crippen LogP contribution in [0, 0.1) is 5.92 Å². The Balaban J connectivity index is 3.70. The molecule has 6 heteroatoms. The summed E-state index contributed by atoms with van der Waals surface area (Å²) >= 11 is 0. The normalized spacial score (nSPS) is 14.1. The molecule has 0 aromatic rings. The summed E-state index contributed by atoms with van der Waals surface area (Å²) in [7, 11) is 1.59. The third kappa shape index (κ3) is 6.73. The van der Waals surface area contributed by atoms with E-state index in [0.29, 0.717) is 13.2 Å². The maximum atomic E-state index is 11.1. The number of ether oxygens (including phenoxy) is 1. The van der Waals surface area contributed by atoms with E-state index in [-0.39, 0.29) is 5.92 Å². The van der Waals surface area contributed by atoms with Crippen LogP contribution in [0.3, 0.4) is 0 Å². The smallest absolute Gasteiger partial charge is 0.325 e. The second kappa shape index (κ2) is 7.05. The van der Waals surface area contributed by atoms with Crippen LogP contribution in [0.4, 0.5) is 4.79 Å². The lowest BCUT2D eigenvalue weighted by atomic mass is 10.2. The number of carboxylic acid groups (broad SMARTS) is 1. The number of methoxy groups -OCH3 is 1. The molecule has 0 heterocycles. The molecule has 0 saturated carbocycles. The summed E-state index contributed by atoms with van der Waals surface area (Å²) in [5.41, 5.74) is 0. The molecule has 0 bridgehead atoms. The first kappa shape index (κ1) is 13.7. The van der Waals surface area contributed by atoms with Crippen molar-refractivity contribution in [2.45, 2.75) is 19.9 Å². The third-order valence-electron chi connectivity index (χ3n) is 1.78. The zero-order valence-corrected chi connectivity index (χ0v) is 9.24. The van der Waals surface area contributed by atoms with Gasteiger partial charge in [0.25, 0.3) is 0 Å². The van der Waals surface area contributed by atoms with Crippen molar-refractivity contribution in [3.63, 3.8) is 0 Å². The topological polar surface area (TPSA) is 87.7 Å². The van der Waals surface area contributed by atoms with Gasteiger partial charge in [0.1, 0.15) is 6.04 Å². The number of aliphatic carboxylic acids is 1. The van der Waals surface area contributed by atoms with Crippen LogP contribution in [0.1, 0.15) is 13.8 Å². The number of hydrogen-bond acceptors (Lipinski definition) is 3. The highest BCUT2D eigenvalue weighted by molar-refractivity contribution is 5.82. The van der Waals surface area contributed by atoms with Gasteiger partial charge in [-0.25, -0.2) is 4.79 Å². The van der Waals surface area contributed by atoms with Crippen molar-refractivity contribution in [3.8, 4) is 0 Å². The first-order chi connectivity index (χ1) is 6.97. The number of carboxylic acids is 1. The van der Waals surface area contributed by atoms with Crippen molar-refractivity contribution >= 4 is 12.0 Å². The van der Waals surface area contributed by atoms with Gasteiger partial charge in [-0.1, -0.05) is 6.92 Å². The van der Waals surface area contributed by atoms with E-state index in [9.17, 15) is 9.59 Å². The van der Waals surface area contributed by atoms with E-state index >= 15 is 0 Å². The van der Waals surface area contributed by atoms with Gasteiger partial charge >= 0.3 is 12.0 Å². The maximum absolute atomic E-state index is 11.1. The summed E-state index contributed by atoms with van der Waals surface area (Å²) in [5, 5.41) is 13.4. The van der Waals surface area contributed by atoms with Gasteiger partial charge in [-0.05, 0) is 12.8 Å². The molecule has 0 aliphatic rings. The molecule has 0 saturated heterocycles. The lowest BCUT2D eigenvalue weighted by Gasteiger charge is -2.13. The maximum Gasteiger partial charge on any atom is 0.325 e. The Morgan fingerprint density at radius 2 is 2.00 bits per heavy atom. The van der Waals surface area contributed by atoms with E-state index < -0.39 is 18.0 Å². The van der Waals surface area contributed by atoms with Crippen molar-refractivity contribution in [3.05, 3.63) is 0 Å². The number of carbonyl (C=O) groups is 2. The van der Waals surface area contributed by atoms with E-state index in [0.717, 1.165) is 0 Å². The Bertz CT molecular complexity index is 220. The van der Waals surface area contributed by atoms with Gasteiger partial charge in [-0.3, -0.25) is 4.79 Å². The van der Waals surface area contributed by atoms with E-state index in [1.807, 2.05) is 6.92 Å². The predicted molar refractivity (Wildman–Crippen MR) is 54.7 cm³/mol. The van der Waals surface area contributed by atoms with Crippen LogP contribution < -0.4 is 10.6 Å². The highest BCUT2D eigenvalue weighted by Gasteiger charge is 2.13. The average molecular weight is 218 g/mol. The fourth-order valence-corrected chi connectivity index (χ4v) is 0.920. The number of carbonyl (C=O) groups excluding carboxylic acids is 1. The minimum Gasteiger partial charge on any atom is -0.480 e. The van der Waals surface area contributed by atoms with Crippen LogP contribution in [0.15, 0.2) is 0 Å². The Morgan fingerprint density at radius 3 is 2.47 bits per heavy atom. The highest BCUT2D eigenvalue weighted by Crippen LogP contribution is 1.91. The van der Waals surface area contributed by atoms with Gasteiger partial charge in [0, 0.05) is 13.7 Å². The van der Waals surface area contributed by atoms with Crippen LogP contribution in [0.25, 0.3) is 0 Å². The second-order valence-corrected chi connectivity index (χ2v) is 3.47. The molecule has 0 aliphatic heterocycles. The molecule has 2 amide bonds. The molecule has 0 aliphatic carbocycles. The van der Waals surface area contributed by atoms with Crippen LogP contribution >= 0.6 is 0 Å². The minimum absolute atomic E-state index is 0.195. The molecule has 0 rings (SSSR count). The molecule has 2 atom stereocenters. The van der Waals surface area contributed by atoms with Crippen molar-refractivity contribution in [2.75, 3.05) is 20.3 Å². The van der Waals surface area contributed by atoms with Gasteiger partial charge < -0.3 is 20.5 Å². The number of hydrogen-bond donors (Lipinski definition) is 3. The van der Waals surface area contributed by atoms with E-state index in [4.69, 9.17) is 9.84 Å². The fraction of sp³-hybridized carbons (Fsp3) is 0.778. The third-order valence-corrected chi connectivity index (χ3v) is 1.78. The molecular weight excluding hydrogens is 200 g/mol. The van der Waals surface area contributed by atoms with Crippen LogP contribution in [-0.2, 0) is 9.53 Å². The van der Waals surface area contributed by atoms with Crippen molar-refractivity contribution in [1.29, 1.82) is 0 Å². The standard InChI is InChI=1S/C9H18N2O4/c1-6(5-15-3)4-10-9(14)11-7(2)8(12)13/h6-7H,4-5H2,1-3H3,(H,12,13)(H2,10,11,14). The molecule has 6 nitrogen and oxygen atoms in total. The first-order valence-electron chi connectivity index (χ1n) is 4.73. The van der Waals surface area contributed by atoms with Gasteiger partial charge in [0.2, 0.25) is 0 Å². The summed E-state index contributed by atoms with van der Waals surface area (Å²) in [6.07, 6.45) is 0. The van der Waals surface area contributed by atoms with Crippen LogP contribution in [0.5, 0.6) is 0 Å². The molecule has 88 valence electrons. The predicted octanol–water partition coefficient (Wildman–Crippen LogP) is 0.0412. The molecule has 0 radical (unpaired) electrons. The molecule has 0 aromatic heterocycles. The van der Waals surface area contributed by atoms with Gasteiger partial charge in [0.15, 0.2) is 0 Å². The lowest BCUT2D eigenvalue weighted by molar-refractivity contribution is -0.138. The second-order valence-electron chi connectivity index (χ2n) is 3.47. The fourth-order valence-electron chi connectivity index (χ4n) is 0.920. The highest BCUT2D eigenvalue weighted by atomic mass is 16.5. The van der Waals surface area contributed by atoms with Crippen molar-refractivity contribution in [2.24, 2.45) is 5.92 Å². The monoisotopic (exact) mass is 218 g/mol. The molecule has 15 heavy (non-hydrogen) atoms. The Morgan fingerprint density at radius 1 is 1.40 bits per heavy atom. The van der Waals surface area contributed by atoms with Crippen LogP contribution in [0.2, 0.25) is 0 Å². The van der Waals surface area contributed by atoms with Crippen LogP contribution in [-0.4, -0.2) is 43.4 Å². The lowest BCUT2D eigenvalue weighted by Crippen LogP contribution is -2.45. The summed E-state index contributed by atoms with van der Waals surface area (Å²) in [4.78, 5) is 21.6. The number of urea groups is 1. The Labute approximate surface area is 89.0 Å². The zero-order chi connectivity index (χ0) is 11.8. The summed E-state index contributed by atoms with van der Waals surface area (Å²) in [6.45, 7) is 4.33. The summed E-state index contributed by atoms with van der Waals surface area (Å²) in [5.74, 6) is -0.865. The van der Waals surface area contributed by atoms with E-state index in [1.54, 1.807) is 7.11 Å². The minimum atomic E-state index is -1.06. The summed E-state index contributed by atoms with van der Waals surface area (Å²) in [6, 6.07) is -1.37. The average Bonchev–Trinajstić information content (AvgIpc) is 2.15. The first-order valence-corrected chi connectivity index (χ1v) is 4.73. The zero-order valence-electron chi connectivity index (χ0n) is 9.24. The molecular formula is C9H18N2O4. The quantitative estimate of drug-likeness (QED) is 0.587. The number of nitrogens with one attached hydrogen (secondary N) is 2. The summed E-state index contributed by atoms with van der Waals surface area (Å²) < 4.78 is 4.89. The number of rotatable bonds is 6. The largest absolute Gasteiger partial charge is 0.480 e. The van der Waals surface area contributed by atoms with Crippen molar-refractivity contribution in [1.82, 2.24) is 10.6 Å². The Kier molecular flexibility index (Phi) is 6.44. The van der Waals surface area contributed by atoms with E-state index in [1.165, 1.54) is 6.92 Å². The molecule has 3 N–H and O–H groups in total. The Hall–Kier alpha value is -1.30. The van der Waals surface area contributed by atoms with Crippen molar-refractivity contribution < 1.29 is 19.4 Å². The van der Waals surface area contributed by atoms with E-state index in [2.05, 4.69) is 10.6 Å². The molecule has 0 spiro atoms. The van der Waals surface area contributed by atoms with Gasteiger partial charge in [-0.15, -0.1) is 0 Å². The van der Waals surface area contributed by atoms with Gasteiger partial charge in [0.05, 0.1) is 6.61 Å². The number of amides is 2.